The number of carbonyl (C=O) groups is 1. The summed E-state index contributed by atoms with van der Waals surface area (Å²) in [6.45, 7) is 0. The summed E-state index contributed by atoms with van der Waals surface area (Å²) in [5.74, 6) is 0.207. The number of nitrogens with zero attached hydrogens (tertiary/aromatic N) is 2. The van der Waals surface area contributed by atoms with Crippen molar-refractivity contribution in [3.05, 3.63) is 30.5 Å². The number of rotatable bonds is 4. The third-order valence-electron chi connectivity index (χ3n) is 3.47. The minimum absolute atomic E-state index is 0.0392. The van der Waals surface area contributed by atoms with Crippen LogP contribution in [-0.2, 0) is 14.6 Å². The van der Waals surface area contributed by atoms with Crippen molar-refractivity contribution in [2.45, 2.75) is 17.5 Å². The van der Waals surface area contributed by atoms with Crippen LogP contribution in [0.1, 0.15) is 6.42 Å². The van der Waals surface area contributed by atoms with Gasteiger partial charge >= 0.3 is 0 Å². The lowest BCUT2D eigenvalue weighted by Crippen LogP contribution is -2.36. The number of carbonyl (C=O) groups excluding carboxylic acids is 1. The largest absolute Gasteiger partial charge is 0.352 e. The molecule has 1 aromatic heterocycles. The van der Waals surface area contributed by atoms with Gasteiger partial charge < -0.3 is 5.32 Å². The van der Waals surface area contributed by atoms with Gasteiger partial charge in [0.25, 0.3) is 0 Å². The Morgan fingerprint density at radius 2 is 2.18 bits per heavy atom. The number of aromatic nitrogens is 2. The first-order valence-electron chi connectivity index (χ1n) is 6.86. The van der Waals surface area contributed by atoms with E-state index in [1.165, 1.54) is 11.8 Å². The second kappa shape index (κ2) is 6.21. The van der Waals surface area contributed by atoms with Gasteiger partial charge in [0.1, 0.15) is 5.03 Å². The van der Waals surface area contributed by atoms with E-state index in [4.69, 9.17) is 0 Å². The molecule has 1 atom stereocenters. The molecule has 116 valence electrons. The van der Waals surface area contributed by atoms with Crippen LogP contribution < -0.4 is 5.32 Å². The van der Waals surface area contributed by atoms with Gasteiger partial charge in [0.05, 0.1) is 23.5 Å². The van der Waals surface area contributed by atoms with Crippen LogP contribution in [0.5, 0.6) is 0 Å². The van der Waals surface area contributed by atoms with E-state index in [0.29, 0.717) is 11.4 Å². The van der Waals surface area contributed by atoms with Gasteiger partial charge in [-0.1, -0.05) is 36.0 Å². The van der Waals surface area contributed by atoms with Gasteiger partial charge in [-0.25, -0.2) is 8.42 Å². The maximum absolute atomic E-state index is 11.9. The molecule has 0 aliphatic carbocycles. The van der Waals surface area contributed by atoms with Crippen molar-refractivity contribution < 1.29 is 13.2 Å². The molecule has 2 heterocycles. The maximum Gasteiger partial charge on any atom is 0.230 e. The van der Waals surface area contributed by atoms with Crippen molar-refractivity contribution in [1.29, 1.82) is 0 Å². The zero-order chi connectivity index (χ0) is 15.6. The van der Waals surface area contributed by atoms with E-state index in [-0.39, 0.29) is 29.2 Å². The summed E-state index contributed by atoms with van der Waals surface area (Å²) in [4.78, 5) is 11.9. The molecule has 3 rings (SSSR count). The molecule has 8 heteroatoms. The molecule has 0 unspecified atom stereocenters. The van der Waals surface area contributed by atoms with Crippen molar-refractivity contribution in [1.82, 2.24) is 15.5 Å². The highest BCUT2D eigenvalue weighted by Gasteiger charge is 2.28. The molecule has 0 saturated carbocycles. The summed E-state index contributed by atoms with van der Waals surface area (Å²) in [5.41, 5.74) is 0. The van der Waals surface area contributed by atoms with Gasteiger partial charge in [0, 0.05) is 16.8 Å². The highest BCUT2D eigenvalue weighted by atomic mass is 32.2. The normalized spacial score (nSPS) is 20.1. The Kier molecular flexibility index (Phi) is 4.30. The summed E-state index contributed by atoms with van der Waals surface area (Å²) < 4.78 is 22.7. The molecule has 1 aromatic carbocycles. The molecular weight excluding hydrogens is 322 g/mol. The first-order valence-corrected chi connectivity index (χ1v) is 9.67. The summed E-state index contributed by atoms with van der Waals surface area (Å²) in [5, 5.41) is 13.4. The van der Waals surface area contributed by atoms with E-state index in [1.54, 1.807) is 6.20 Å². The Hall–Kier alpha value is -1.67. The quantitative estimate of drug-likeness (QED) is 0.838. The lowest BCUT2D eigenvalue weighted by Gasteiger charge is -2.10. The fourth-order valence-electron chi connectivity index (χ4n) is 2.42. The van der Waals surface area contributed by atoms with Crippen molar-refractivity contribution in [3.8, 4) is 0 Å². The second-order valence-electron chi connectivity index (χ2n) is 5.19. The third-order valence-corrected chi connectivity index (χ3v) is 6.22. The molecular formula is C14H15N3O3S2. The van der Waals surface area contributed by atoms with Gasteiger partial charge in [0.2, 0.25) is 5.91 Å². The fraction of sp³-hybridized carbons (Fsp3) is 0.357. The van der Waals surface area contributed by atoms with Gasteiger partial charge in [-0.2, -0.15) is 5.10 Å². The van der Waals surface area contributed by atoms with Gasteiger partial charge in [-0.15, -0.1) is 5.10 Å². The number of benzene rings is 1. The van der Waals surface area contributed by atoms with E-state index in [1.807, 2.05) is 24.3 Å². The zero-order valence-corrected chi connectivity index (χ0v) is 13.4. The number of nitrogens with one attached hydrogen (secondary N) is 1. The minimum atomic E-state index is -2.98. The molecule has 1 fully saturated rings. The Balaban J connectivity index is 1.61. The zero-order valence-electron chi connectivity index (χ0n) is 11.7. The summed E-state index contributed by atoms with van der Waals surface area (Å²) in [6.07, 6.45) is 2.18. The molecule has 0 bridgehead atoms. The van der Waals surface area contributed by atoms with Crippen LogP contribution in [0.2, 0.25) is 0 Å². The fourth-order valence-corrected chi connectivity index (χ4v) is 4.89. The van der Waals surface area contributed by atoms with E-state index >= 15 is 0 Å². The van der Waals surface area contributed by atoms with E-state index < -0.39 is 9.84 Å². The van der Waals surface area contributed by atoms with Crippen molar-refractivity contribution >= 4 is 38.3 Å². The molecule has 1 N–H and O–H groups in total. The summed E-state index contributed by atoms with van der Waals surface area (Å²) >= 11 is 1.31. The average molecular weight is 337 g/mol. The van der Waals surface area contributed by atoms with Gasteiger partial charge in [0.15, 0.2) is 9.84 Å². The average Bonchev–Trinajstić information content (AvgIpc) is 2.84. The van der Waals surface area contributed by atoms with Crippen LogP contribution in [0.3, 0.4) is 0 Å². The SMILES string of the molecule is O=C(CSc1nncc2ccccc12)N[C@@H]1CCS(=O)(=O)C1. The highest BCUT2D eigenvalue weighted by Crippen LogP contribution is 2.24. The second-order valence-corrected chi connectivity index (χ2v) is 8.39. The number of hydrogen-bond donors (Lipinski definition) is 1. The minimum Gasteiger partial charge on any atom is -0.352 e. The Morgan fingerprint density at radius 3 is 2.95 bits per heavy atom. The standard InChI is InChI=1S/C14H15N3O3S2/c18-13(16-11-5-6-22(19,20)9-11)8-21-14-12-4-2-1-3-10(12)7-15-17-14/h1-4,7,11H,5-6,8-9H2,(H,16,18)/t11-/m1/s1. The van der Waals surface area contributed by atoms with E-state index in [0.717, 1.165) is 10.8 Å². The smallest absolute Gasteiger partial charge is 0.230 e. The van der Waals surface area contributed by atoms with Crippen molar-refractivity contribution in [3.63, 3.8) is 0 Å². The molecule has 6 nitrogen and oxygen atoms in total. The number of sulfone groups is 1. The van der Waals surface area contributed by atoms with Gasteiger partial charge in [-0.05, 0) is 6.42 Å². The van der Waals surface area contributed by atoms with Crippen LogP contribution >= 0.6 is 11.8 Å². The van der Waals surface area contributed by atoms with Crippen LogP contribution in [0.4, 0.5) is 0 Å². The molecule has 2 aromatic rings. The molecule has 0 spiro atoms. The number of hydrogen-bond acceptors (Lipinski definition) is 6. The predicted molar refractivity (Wildman–Crippen MR) is 85.5 cm³/mol. The Morgan fingerprint density at radius 1 is 1.36 bits per heavy atom. The van der Waals surface area contributed by atoms with Crippen LogP contribution in [-0.4, -0.2) is 47.8 Å². The first-order chi connectivity index (χ1) is 10.5. The third kappa shape index (κ3) is 3.56. The van der Waals surface area contributed by atoms with Crippen LogP contribution in [0, 0.1) is 0 Å². The number of fused-ring (bicyclic) bond motifs is 1. The van der Waals surface area contributed by atoms with Crippen molar-refractivity contribution in [2.75, 3.05) is 17.3 Å². The Bertz CT molecular complexity index is 803. The Labute approximate surface area is 132 Å². The first kappa shape index (κ1) is 15.2. The number of thioether (sulfide) groups is 1. The lowest BCUT2D eigenvalue weighted by molar-refractivity contribution is -0.119. The molecule has 1 amide bonds. The molecule has 1 aliphatic heterocycles. The molecule has 1 aliphatic rings. The molecule has 1 saturated heterocycles. The summed E-state index contributed by atoms with van der Waals surface area (Å²) in [6, 6.07) is 7.45. The monoisotopic (exact) mass is 337 g/mol. The van der Waals surface area contributed by atoms with Gasteiger partial charge in [-0.3, -0.25) is 4.79 Å². The molecule has 22 heavy (non-hydrogen) atoms. The summed E-state index contributed by atoms with van der Waals surface area (Å²) in [7, 11) is -2.98. The number of amides is 1. The topological polar surface area (TPSA) is 89.0 Å². The lowest BCUT2D eigenvalue weighted by atomic mass is 10.2. The van der Waals surface area contributed by atoms with Crippen LogP contribution in [0.15, 0.2) is 35.5 Å². The highest BCUT2D eigenvalue weighted by molar-refractivity contribution is 8.00. The molecule has 0 radical (unpaired) electrons. The van der Waals surface area contributed by atoms with E-state index in [9.17, 15) is 13.2 Å². The van der Waals surface area contributed by atoms with E-state index in [2.05, 4.69) is 15.5 Å². The van der Waals surface area contributed by atoms with Crippen LogP contribution in [0.25, 0.3) is 10.8 Å². The predicted octanol–water partition coefficient (Wildman–Crippen LogP) is 1.03. The maximum atomic E-state index is 11.9. The van der Waals surface area contributed by atoms with Crippen molar-refractivity contribution in [2.24, 2.45) is 0 Å².